The van der Waals surface area contributed by atoms with Crippen molar-refractivity contribution in [3.8, 4) is 0 Å². The molecule has 2 unspecified atom stereocenters. The van der Waals surface area contributed by atoms with Gasteiger partial charge in [-0.1, -0.05) is 26.8 Å². The molecule has 3 heteroatoms. The molecule has 0 aromatic heterocycles. The summed E-state index contributed by atoms with van der Waals surface area (Å²) in [6.07, 6.45) is -0.166. The number of hydrogen-bond donors (Lipinski definition) is 1. The van der Waals surface area contributed by atoms with E-state index in [1.165, 1.54) is 6.07 Å². The number of aliphatic hydroxyl groups excluding tert-OH is 1. The molecule has 1 nitrogen and oxygen atoms in total. The molecule has 1 aromatic carbocycles. The molecule has 2 atom stereocenters. The average Bonchev–Trinajstić information content (AvgIpc) is 2.22. The van der Waals surface area contributed by atoms with E-state index >= 15 is 0 Å². The molecule has 0 fully saturated rings. The van der Waals surface area contributed by atoms with Gasteiger partial charge in [0.1, 0.15) is 0 Å². The minimum atomic E-state index is -0.859. The third-order valence-electron chi connectivity index (χ3n) is 3.09. The largest absolute Gasteiger partial charge is 0.392 e. The Morgan fingerprint density at radius 2 is 1.75 bits per heavy atom. The molecule has 0 amide bonds. The Kier molecular flexibility index (Phi) is 4.42. The monoisotopic (exact) mass is 228 g/mol. The Labute approximate surface area is 95.1 Å². The molecule has 0 radical (unpaired) electrons. The van der Waals surface area contributed by atoms with E-state index in [1.807, 2.05) is 20.8 Å². The van der Waals surface area contributed by atoms with Gasteiger partial charge in [0, 0.05) is 0 Å². The van der Waals surface area contributed by atoms with Crippen LogP contribution in [-0.4, -0.2) is 11.2 Å². The highest BCUT2D eigenvalue weighted by atomic mass is 19.2. The van der Waals surface area contributed by atoms with Gasteiger partial charge in [0.15, 0.2) is 11.6 Å². The number of aliphatic hydroxyl groups is 1. The second-order valence-corrected chi connectivity index (χ2v) is 4.62. The first-order chi connectivity index (χ1) is 7.41. The van der Waals surface area contributed by atoms with E-state index in [9.17, 15) is 13.9 Å². The van der Waals surface area contributed by atoms with E-state index in [0.717, 1.165) is 12.1 Å². The van der Waals surface area contributed by atoms with Gasteiger partial charge in [-0.05, 0) is 36.0 Å². The van der Waals surface area contributed by atoms with Gasteiger partial charge in [0.25, 0.3) is 0 Å². The molecule has 1 N–H and O–H groups in total. The van der Waals surface area contributed by atoms with Crippen LogP contribution in [0.2, 0.25) is 0 Å². The maximum Gasteiger partial charge on any atom is 0.159 e. The second kappa shape index (κ2) is 5.39. The molecule has 1 rings (SSSR count). The van der Waals surface area contributed by atoms with E-state index in [0.29, 0.717) is 17.9 Å². The van der Waals surface area contributed by atoms with Gasteiger partial charge in [-0.2, -0.15) is 0 Å². The lowest BCUT2D eigenvalue weighted by molar-refractivity contribution is 0.0921. The molecule has 0 saturated heterocycles. The third-order valence-corrected chi connectivity index (χ3v) is 3.09. The van der Waals surface area contributed by atoms with Crippen LogP contribution in [0, 0.1) is 23.5 Å². The maximum atomic E-state index is 12.9. The fourth-order valence-corrected chi connectivity index (χ4v) is 1.54. The van der Waals surface area contributed by atoms with Crippen LogP contribution < -0.4 is 0 Å². The lowest BCUT2D eigenvalue weighted by atomic mass is 9.89. The van der Waals surface area contributed by atoms with Crippen LogP contribution in [0.25, 0.3) is 0 Å². The highest BCUT2D eigenvalue weighted by Crippen LogP contribution is 2.19. The van der Waals surface area contributed by atoms with Crippen LogP contribution in [0.4, 0.5) is 8.78 Å². The van der Waals surface area contributed by atoms with Crippen LogP contribution in [0.15, 0.2) is 18.2 Å². The van der Waals surface area contributed by atoms with Gasteiger partial charge < -0.3 is 5.11 Å². The summed E-state index contributed by atoms with van der Waals surface area (Å²) < 4.78 is 25.6. The highest BCUT2D eigenvalue weighted by molar-refractivity contribution is 5.18. The minimum Gasteiger partial charge on any atom is -0.392 e. The van der Waals surface area contributed by atoms with Crippen molar-refractivity contribution in [2.75, 3.05) is 0 Å². The van der Waals surface area contributed by atoms with Gasteiger partial charge in [-0.15, -0.1) is 0 Å². The molecular weight excluding hydrogens is 210 g/mol. The summed E-state index contributed by atoms with van der Waals surface area (Å²) in [4.78, 5) is 0. The number of halogens is 2. The molecule has 0 saturated carbocycles. The smallest absolute Gasteiger partial charge is 0.159 e. The molecule has 0 aliphatic carbocycles. The summed E-state index contributed by atoms with van der Waals surface area (Å²) >= 11 is 0. The van der Waals surface area contributed by atoms with E-state index in [2.05, 4.69) is 0 Å². The van der Waals surface area contributed by atoms with Crippen LogP contribution in [0.5, 0.6) is 0 Å². The zero-order valence-electron chi connectivity index (χ0n) is 9.87. The van der Waals surface area contributed by atoms with Crippen LogP contribution in [0.3, 0.4) is 0 Å². The normalized spacial score (nSPS) is 15.2. The van der Waals surface area contributed by atoms with Gasteiger partial charge in [0.2, 0.25) is 0 Å². The average molecular weight is 228 g/mol. The third kappa shape index (κ3) is 3.27. The van der Waals surface area contributed by atoms with Crippen LogP contribution in [-0.2, 0) is 6.42 Å². The van der Waals surface area contributed by atoms with Crippen molar-refractivity contribution in [1.29, 1.82) is 0 Å². The minimum absolute atomic E-state index is 0.133. The molecule has 1 aromatic rings. The lowest BCUT2D eigenvalue weighted by Crippen LogP contribution is -2.24. The van der Waals surface area contributed by atoms with Gasteiger partial charge in [-0.25, -0.2) is 8.78 Å². The Bertz CT molecular complexity index is 350. The Hall–Kier alpha value is -0.960. The summed E-state index contributed by atoms with van der Waals surface area (Å²) in [6, 6.07) is 3.75. The summed E-state index contributed by atoms with van der Waals surface area (Å²) in [5.74, 6) is -1.22. The topological polar surface area (TPSA) is 20.2 Å². The van der Waals surface area contributed by atoms with E-state index in [1.54, 1.807) is 0 Å². The van der Waals surface area contributed by atoms with Crippen molar-refractivity contribution in [3.05, 3.63) is 35.4 Å². The Morgan fingerprint density at radius 3 is 2.25 bits per heavy atom. The molecule has 0 bridgehead atoms. The fourth-order valence-electron chi connectivity index (χ4n) is 1.54. The zero-order chi connectivity index (χ0) is 12.3. The van der Waals surface area contributed by atoms with Crippen molar-refractivity contribution < 1.29 is 13.9 Å². The predicted molar refractivity (Wildman–Crippen MR) is 60.1 cm³/mol. The fraction of sp³-hybridized carbons (Fsp3) is 0.538. The van der Waals surface area contributed by atoms with Crippen molar-refractivity contribution in [2.24, 2.45) is 11.8 Å². The van der Waals surface area contributed by atoms with Crippen molar-refractivity contribution in [1.82, 2.24) is 0 Å². The number of rotatable bonds is 4. The quantitative estimate of drug-likeness (QED) is 0.839. The SMILES string of the molecule is CC(C)C(C)C(O)Cc1ccc(F)c(F)c1. The van der Waals surface area contributed by atoms with Gasteiger partial charge in [-0.3, -0.25) is 0 Å². The summed E-state index contributed by atoms with van der Waals surface area (Å²) in [7, 11) is 0. The molecule has 90 valence electrons. The standard InChI is InChI=1S/C13H18F2O/c1-8(2)9(3)13(16)7-10-4-5-11(14)12(15)6-10/h4-6,8-9,13,16H,7H2,1-3H3. The second-order valence-electron chi connectivity index (χ2n) is 4.62. The van der Waals surface area contributed by atoms with Crippen molar-refractivity contribution >= 4 is 0 Å². The molecule has 0 aliphatic heterocycles. The molecular formula is C13H18F2O. The zero-order valence-corrected chi connectivity index (χ0v) is 9.87. The first-order valence-electron chi connectivity index (χ1n) is 5.53. The van der Waals surface area contributed by atoms with Gasteiger partial charge >= 0.3 is 0 Å². The molecule has 0 spiro atoms. The maximum absolute atomic E-state index is 12.9. The number of hydrogen-bond acceptors (Lipinski definition) is 1. The summed E-state index contributed by atoms with van der Waals surface area (Å²) in [5.41, 5.74) is 0.624. The molecule has 0 aliphatic rings. The summed E-state index contributed by atoms with van der Waals surface area (Å²) in [5, 5.41) is 9.89. The highest BCUT2D eigenvalue weighted by Gasteiger charge is 2.18. The van der Waals surface area contributed by atoms with Crippen LogP contribution in [0.1, 0.15) is 26.3 Å². The van der Waals surface area contributed by atoms with E-state index in [4.69, 9.17) is 0 Å². The Morgan fingerprint density at radius 1 is 1.12 bits per heavy atom. The van der Waals surface area contributed by atoms with E-state index < -0.39 is 17.7 Å². The van der Waals surface area contributed by atoms with Crippen molar-refractivity contribution in [3.63, 3.8) is 0 Å². The van der Waals surface area contributed by atoms with Crippen molar-refractivity contribution in [2.45, 2.75) is 33.3 Å². The Balaban J connectivity index is 2.69. The predicted octanol–water partition coefficient (Wildman–Crippen LogP) is 3.16. The van der Waals surface area contributed by atoms with Gasteiger partial charge in [0.05, 0.1) is 6.10 Å². The van der Waals surface area contributed by atoms with Crippen LogP contribution >= 0.6 is 0 Å². The molecule has 16 heavy (non-hydrogen) atoms. The lowest BCUT2D eigenvalue weighted by Gasteiger charge is -2.22. The number of benzene rings is 1. The first-order valence-corrected chi connectivity index (χ1v) is 5.53. The first kappa shape index (κ1) is 13.1. The van der Waals surface area contributed by atoms with E-state index in [-0.39, 0.29) is 5.92 Å². The molecule has 0 heterocycles. The summed E-state index contributed by atoms with van der Waals surface area (Å²) in [6.45, 7) is 6.01.